The second kappa shape index (κ2) is 9.82. The van der Waals surface area contributed by atoms with Crippen LogP contribution in [0.15, 0.2) is 36.5 Å². The maximum atomic E-state index is 12.8. The van der Waals surface area contributed by atoms with Gasteiger partial charge in [0.15, 0.2) is 5.01 Å². The van der Waals surface area contributed by atoms with Crippen LogP contribution in [0.25, 0.3) is 0 Å². The molecule has 0 saturated carbocycles. The molecule has 0 bridgehead atoms. The highest BCUT2D eigenvalue weighted by molar-refractivity contribution is 7.13. The number of carbonyl (C=O) groups is 2. The van der Waals surface area contributed by atoms with Gasteiger partial charge in [0, 0.05) is 49.9 Å². The molecule has 0 spiro atoms. The molecule has 10 heteroatoms. The molecule has 2 aromatic heterocycles. The molecule has 0 unspecified atom stereocenters. The van der Waals surface area contributed by atoms with E-state index in [4.69, 9.17) is 11.6 Å². The van der Waals surface area contributed by atoms with E-state index in [0.717, 1.165) is 35.6 Å². The molecule has 0 atom stereocenters. The normalized spacial score (nSPS) is 13.3. The molecule has 0 saturated heterocycles. The molecule has 0 radical (unpaired) electrons. The lowest BCUT2D eigenvalue weighted by Crippen LogP contribution is -2.25. The summed E-state index contributed by atoms with van der Waals surface area (Å²) in [6, 6.07) is 9.02. The molecule has 2 amide bonds. The van der Waals surface area contributed by atoms with Gasteiger partial charge < -0.3 is 20.1 Å². The van der Waals surface area contributed by atoms with E-state index in [-0.39, 0.29) is 30.8 Å². The molecule has 1 aliphatic rings. The highest BCUT2D eigenvalue weighted by Crippen LogP contribution is 2.25. The van der Waals surface area contributed by atoms with E-state index in [1.165, 1.54) is 11.3 Å². The van der Waals surface area contributed by atoms with Crippen molar-refractivity contribution in [2.75, 3.05) is 18.9 Å². The SMILES string of the molecule is CN1CCc2nc(C(=O)Nc3ccccc3CNC(=O)c3cc(Cl)cn3C)sc2C1.Cl. The average Bonchev–Trinajstić information content (AvgIpc) is 3.29. The molecule has 1 aromatic carbocycles. The van der Waals surface area contributed by atoms with Crippen LogP contribution in [0.4, 0.5) is 5.69 Å². The van der Waals surface area contributed by atoms with Crippen LogP contribution in [0.3, 0.4) is 0 Å². The molecule has 0 fully saturated rings. The number of hydrogen-bond donors (Lipinski definition) is 2. The Kier molecular flexibility index (Phi) is 7.38. The number of aromatic nitrogens is 2. The fourth-order valence-electron chi connectivity index (χ4n) is 3.41. The molecule has 4 rings (SSSR count). The molecule has 2 N–H and O–H groups in total. The third-order valence-corrected chi connectivity index (χ3v) is 6.31. The molecular weight excluding hydrogens is 457 g/mol. The standard InChI is InChI=1S/C21H22ClN5O2S.ClH/c1-26-8-7-16-18(12-26)30-21(25-16)20(29)24-15-6-4-3-5-13(15)10-23-19(28)17-9-14(22)11-27(17)2;/h3-6,9,11H,7-8,10,12H2,1-2H3,(H,23,28)(H,24,29);1H. The van der Waals surface area contributed by atoms with E-state index >= 15 is 0 Å². The van der Waals surface area contributed by atoms with E-state index in [9.17, 15) is 9.59 Å². The van der Waals surface area contributed by atoms with Crippen molar-refractivity contribution in [1.82, 2.24) is 19.8 Å². The largest absolute Gasteiger partial charge is 0.347 e. The van der Waals surface area contributed by atoms with Crippen molar-refractivity contribution in [3.63, 3.8) is 0 Å². The number of benzene rings is 1. The first kappa shape index (κ1) is 23.3. The van der Waals surface area contributed by atoms with Crippen molar-refractivity contribution >= 4 is 52.8 Å². The van der Waals surface area contributed by atoms with E-state index < -0.39 is 0 Å². The molecule has 3 aromatic rings. The predicted octanol–water partition coefficient (Wildman–Crippen LogP) is 3.73. The van der Waals surface area contributed by atoms with Gasteiger partial charge in [0.25, 0.3) is 11.8 Å². The monoisotopic (exact) mass is 479 g/mol. The Hall–Kier alpha value is -2.39. The van der Waals surface area contributed by atoms with Crippen LogP contribution in [0.1, 0.15) is 36.4 Å². The number of nitrogens with one attached hydrogen (secondary N) is 2. The molecule has 31 heavy (non-hydrogen) atoms. The average molecular weight is 480 g/mol. The topological polar surface area (TPSA) is 79.3 Å². The van der Waals surface area contributed by atoms with Gasteiger partial charge in [-0.3, -0.25) is 9.59 Å². The first-order chi connectivity index (χ1) is 14.4. The van der Waals surface area contributed by atoms with Crippen LogP contribution in [0, 0.1) is 0 Å². The third kappa shape index (κ3) is 5.27. The van der Waals surface area contributed by atoms with Gasteiger partial charge in [-0.2, -0.15) is 0 Å². The summed E-state index contributed by atoms with van der Waals surface area (Å²) in [5.74, 6) is -0.465. The highest BCUT2D eigenvalue weighted by atomic mass is 35.5. The van der Waals surface area contributed by atoms with Crippen molar-refractivity contribution in [3.05, 3.63) is 68.4 Å². The summed E-state index contributed by atoms with van der Waals surface area (Å²) in [4.78, 5) is 33.1. The zero-order valence-corrected chi connectivity index (χ0v) is 19.5. The van der Waals surface area contributed by atoms with Gasteiger partial charge in [-0.1, -0.05) is 29.8 Å². The van der Waals surface area contributed by atoms with Crippen LogP contribution >= 0.6 is 35.3 Å². The number of aryl methyl sites for hydroxylation is 1. The van der Waals surface area contributed by atoms with Gasteiger partial charge in [-0.05, 0) is 24.7 Å². The number of amides is 2. The predicted molar refractivity (Wildman–Crippen MR) is 125 cm³/mol. The lowest BCUT2D eigenvalue weighted by atomic mass is 10.1. The Morgan fingerprint density at radius 1 is 1.23 bits per heavy atom. The third-order valence-electron chi connectivity index (χ3n) is 5.03. The lowest BCUT2D eigenvalue weighted by Gasteiger charge is -2.20. The van der Waals surface area contributed by atoms with Crippen molar-refractivity contribution in [2.45, 2.75) is 19.5 Å². The zero-order valence-electron chi connectivity index (χ0n) is 17.1. The van der Waals surface area contributed by atoms with E-state index in [1.54, 1.807) is 23.9 Å². The number of likely N-dealkylation sites (N-methyl/N-ethyl adjacent to an activating group) is 1. The Morgan fingerprint density at radius 3 is 2.74 bits per heavy atom. The minimum atomic E-state index is -0.234. The van der Waals surface area contributed by atoms with Gasteiger partial charge in [-0.25, -0.2) is 4.98 Å². The van der Waals surface area contributed by atoms with Gasteiger partial charge in [-0.15, -0.1) is 23.7 Å². The van der Waals surface area contributed by atoms with Gasteiger partial charge >= 0.3 is 0 Å². The Balaban J connectivity index is 0.00000272. The second-order valence-electron chi connectivity index (χ2n) is 7.33. The van der Waals surface area contributed by atoms with Gasteiger partial charge in [0.2, 0.25) is 0 Å². The van der Waals surface area contributed by atoms with Crippen LogP contribution in [0.5, 0.6) is 0 Å². The number of nitrogens with zero attached hydrogens (tertiary/aromatic N) is 3. The number of hydrogen-bond acceptors (Lipinski definition) is 5. The maximum Gasteiger partial charge on any atom is 0.284 e. The number of thiazole rings is 1. The molecule has 3 heterocycles. The van der Waals surface area contributed by atoms with Crippen LogP contribution < -0.4 is 10.6 Å². The number of anilines is 1. The van der Waals surface area contributed by atoms with Gasteiger partial charge in [0.05, 0.1) is 10.7 Å². The number of carbonyl (C=O) groups excluding carboxylic acids is 2. The summed E-state index contributed by atoms with van der Waals surface area (Å²) >= 11 is 7.40. The fraction of sp³-hybridized carbons (Fsp3) is 0.286. The number of halogens is 2. The van der Waals surface area contributed by atoms with Crippen molar-refractivity contribution in [1.29, 1.82) is 0 Å². The fourth-order valence-corrected chi connectivity index (χ4v) is 4.74. The van der Waals surface area contributed by atoms with Crippen LogP contribution in [0.2, 0.25) is 5.02 Å². The first-order valence-corrected chi connectivity index (χ1v) is 10.8. The van der Waals surface area contributed by atoms with E-state index in [0.29, 0.717) is 21.4 Å². The second-order valence-corrected chi connectivity index (χ2v) is 8.85. The van der Waals surface area contributed by atoms with E-state index in [2.05, 4.69) is 27.6 Å². The van der Waals surface area contributed by atoms with Crippen molar-refractivity contribution in [2.24, 2.45) is 7.05 Å². The zero-order chi connectivity index (χ0) is 21.3. The van der Waals surface area contributed by atoms with Crippen molar-refractivity contribution < 1.29 is 9.59 Å². The van der Waals surface area contributed by atoms with E-state index in [1.807, 2.05) is 24.3 Å². The smallest absolute Gasteiger partial charge is 0.284 e. The molecule has 1 aliphatic heterocycles. The quantitative estimate of drug-likeness (QED) is 0.584. The van der Waals surface area contributed by atoms with Crippen molar-refractivity contribution in [3.8, 4) is 0 Å². The summed E-state index contributed by atoms with van der Waals surface area (Å²) in [7, 11) is 3.83. The van der Waals surface area contributed by atoms with Crippen LogP contribution in [-0.4, -0.2) is 39.9 Å². The lowest BCUT2D eigenvalue weighted by molar-refractivity contribution is 0.0942. The summed E-state index contributed by atoms with van der Waals surface area (Å²) in [5.41, 5.74) is 2.95. The summed E-state index contributed by atoms with van der Waals surface area (Å²) < 4.78 is 1.67. The maximum absolute atomic E-state index is 12.8. The summed E-state index contributed by atoms with van der Waals surface area (Å²) in [6.07, 6.45) is 2.54. The molecule has 164 valence electrons. The van der Waals surface area contributed by atoms with Crippen LogP contribution in [-0.2, 0) is 26.6 Å². The van der Waals surface area contributed by atoms with Gasteiger partial charge in [0.1, 0.15) is 5.69 Å². The minimum Gasteiger partial charge on any atom is -0.347 e. The summed E-state index contributed by atoms with van der Waals surface area (Å²) in [5, 5.41) is 6.80. The number of para-hydroxylation sites is 1. The molecule has 0 aliphatic carbocycles. The highest BCUT2D eigenvalue weighted by Gasteiger charge is 2.22. The first-order valence-electron chi connectivity index (χ1n) is 9.57. The Labute approximate surface area is 195 Å². The minimum absolute atomic E-state index is 0. The molecular formula is C21H23Cl2N5O2S. The Bertz CT molecular complexity index is 1110. The summed E-state index contributed by atoms with van der Waals surface area (Å²) in [6.45, 7) is 2.05. The number of rotatable bonds is 5. The number of fused-ring (bicyclic) bond motifs is 1. The molecule has 7 nitrogen and oxygen atoms in total. The Morgan fingerprint density at radius 2 is 2.00 bits per heavy atom.